The molecule has 0 radical (unpaired) electrons. The van der Waals surface area contributed by atoms with Crippen molar-refractivity contribution in [2.24, 2.45) is 34.3 Å². The maximum Gasteiger partial charge on any atom is 0.312 e. The van der Waals surface area contributed by atoms with E-state index in [1.165, 1.54) is 0 Å². The number of carbonyl (C=O) groups excluding carboxylic acids is 6. The summed E-state index contributed by atoms with van der Waals surface area (Å²) in [5.74, 6) is -1.75. The van der Waals surface area contributed by atoms with Gasteiger partial charge < -0.3 is 25.8 Å². The second-order valence-corrected chi connectivity index (χ2v) is 16.1. The smallest absolute Gasteiger partial charge is 0.312 e. The van der Waals surface area contributed by atoms with E-state index in [2.05, 4.69) is 56.9 Å². The lowest BCUT2D eigenvalue weighted by atomic mass is 9.77. The maximum absolute atomic E-state index is 13.5. The van der Waals surface area contributed by atoms with Crippen LogP contribution in [0.4, 0.5) is 4.79 Å². The molecule has 3 amide bonds. The van der Waals surface area contributed by atoms with Gasteiger partial charge in [0, 0.05) is 31.7 Å². The zero-order chi connectivity index (χ0) is 38.8. The van der Waals surface area contributed by atoms with Crippen LogP contribution in [-0.2, 0) is 46.5 Å². The number of ketones is 2. The number of primary amides is 1. The first-order valence-electron chi connectivity index (χ1n) is 18.4. The average molecular weight is 703 g/mol. The van der Waals surface area contributed by atoms with Gasteiger partial charge in [0.05, 0.1) is 18.6 Å². The molecule has 0 saturated heterocycles. The molecule has 1 rings (SSSR count). The third-order valence-corrected chi connectivity index (χ3v) is 8.36. The normalized spacial score (nSPS) is 13.3. The molecule has 0 aromatic heterocycles. The number of nitrogens with one attached hydrogen (secondary N) is 2. The van der Waals surface area contributed by atoms with Gasteiger partial charge in [-0.2, -0.15) is 0 Å². The first-order chi connectivity index (χ1) is 23.7. The third kappa shape index (κ3) is 20.0. The number of esters is 1. The minimum Gasteiger partial charge on any atom is -0.465 e. The van der Waals surface area contributed by atoms with Crippen LogP contribution < -0.4 is 16.4 Å². The zero-order valence-corrected chi connectivity index (χ0v) is 31.7. The molecule has 0 bridgehead atoms. The number of unbranched alkanes of at least 4 members (excludes halogenated alkanes) is 2. The molecule has 4 N–H and O–H groups in total. The van der Waals surface area contributed by atoms with E-state index in [4.69, 9.17) is 11.8 Å². The van der Waals surface area contributed by atoms with Crippen LogP contribution in [0.2, 0.25) is 0 Å². The Labute approximate surface area is 301 Å². The Kier molecular flexibility index (Phi) is 18.8. The van der Waals surface area contributed by atoms with Crippen LogP contribution in [0.15, 0.2) is 24.3 Å². The maximum atomic E-state index is 13.5. The van der Waals surface area contributed by atoms with Crippen LogP contribution in [0, 0.1) is 28.6 Å². The molecule has 0 heterocycles. The van der Waals surface area contributed by atoms with Crippen molar-refractivity contribution in [3.05, 3.63) is 35.4 Å². The summed E-state index contributed by atoms with van der Waals surface area (Å²) < 4.78 is 17.2. The predicted molar refractivity (Wildman–Crippen MR) is 194 cm³/mol. The molecule has 0 aliphatic heterocycles. The lowest BCUT2D eigenvalue weighted by Gasteiger charge is -2.29. The molecule has 0 fully saturated rings. The highest BCUT2D eigenvalue weighted by Gasteiger charge is 2.31. The Balaban J connectivity index is 2.73. The number of ether oxygens (including phenoxy) is 2. The molecule has 50 heavy (non-hydrogen) atoms. The fourth-order valence-corrected chi connectivity index (χ4v) is 5.89. The van der Waals surface area contributed by atoms with Gasteiger partial charge in [0.2, 0.25) is 5.91 Å². The molecule has 11 heteroatoms. The van der Waals surface area contributed by atoms with Crippen molar-refractivity contribution >= 4 is 35.9 Å². The highest BCUT2D eigenvalue weighted by Crippen LogP contribution is 2.33. The summed E-state index contributed by atoms with van der Waals surface area (Å²) in [6.07, 6.45) is 3.41. The Morgan fingerprint density at radius 2 is 1.50 bits per heavy atom. The minimum absolute atomic E-state index is 0.0116. The minimum atomic E-state index is -1.13. The highest BCUT2D eigenvalue weighted by atomic mass is 16.5. The van der Waals surface area contributed by atoms with Crippen LogP contribution in [0.5, 0.6) is 0 Å². The number of rotatable bonds is 23. The van der Waals surface area contributed by atoms with Gasteiger partial charge in [0.25, 0.3) is 6.45 Å². The van der Waals surface area contributed by atoms with Crippen molar-refractivity contribution in [1.29, 1.82) is 0 Å². The molecule has 0 aliphatic carbocycles. The van der Waals surface area contributed by atoms with E-state index in [1.54, 1.807) is 24.3 Å². The number of hydrogen-bond donors (Lipinski definition) is 3. The topological polar surface area (TPSA) is 171 Å². The number of urea groups is 1. The van der Waals surface area contributed by atoms with E-state index >= 15 is 0 Å². The first-order valence-corrected chi connectivity index (χ1v) is 17.9. The SMILES string of the molecule is [2H]C(=O)OCc1ccc(CC(=O)[C@H](CCCNC(N)=O)NC(=O)[C@@H](CC(=O)CCCCCOC(=O)C(CC(C)(C)C)CC(C)(C)C)C(C)C)cc1. The van der Waals surface area contributed by atoms with Crippen LogP contribution in [0.3, 0.4) is 0 Å². The van der Waals surface area contributed by atoms with Gasteiger partial charge in [0.15, 0.2) is 7.15 Å². The molecule has 282 valence electrons. The highest BCUT2D eigenvalue weighted by molar-refractivity contribution is 5.92. The van der Waals surface area contributed by atoms with Crippen LogP contribution >= 0.6 is 0 Å². The van der Waals surface area contributed by atoms with E-state index in [-0.39, 0.29) is 78.5 Å². The van der Waals surface area contributed by atoms with Crippen LogP contribution in [-0.4, -0.2) is 55.1 Å². The van der Waals surface area contributed by atoms with Crippen molar-refractivity contribution < 1.29 is 39.6 Å². The molecule has 0 spiro atoms. The molecular weight excluding hydrogens is 638 g/mol. The summed E-state index contributed by atoms with van der Waals surface area (Å²) in [6.45, 7) is 17.0. The Hall–Kier alpha value is -3.76. The largest absolute Gasteiger partial charge is 0.465 e. The molecule has 0 aliphatic rings. The lowest BCUT2D eigenvalue weighted by molar-refractivity contribution is -0.151. The van der Waals surface area contributed by atoms with Gasteiger partial charge >= 0.3 is 12.0 Å². The molecule has 2 atom stereocenters. The van der Waals surface area contributed by atoms with E-state index in [0.29, 0.717) is 49.8 Å². The van der Waals surface area contributed by atoms with Gasteiger partial charge in [-0.3, -0.25) is 24.0 Å². The summed E-state index contributed by atoms with van der Waals surface area (Å²) in [5, 5.41) is 5.37. The predicted octanol–water partition coefficient (Wildman–Crippen LogP) is 6.23. The van der Waals surface area contributed by atoms with E-state index in [0.717, 1.165) is 12.8 Å². The first kappa shape index (κ1) is 42.4. The quantitative estimate of drug-likeness (QED) is 0.0685. The third-order valence-electron chi connectivity index (χ3n) is 8.36. The van der Waals surface area contributed by atoms with Crippen molar-refractivity contribution in [3.63, 3.8) is 0 Å². The average Bonchev–Trinajstić information content (AvgIpc) is 3.00. The van der Waals surface area contributed by atoms with E-state index < -0.39 is 24.4 Å². The summed E-state index contributed by atoms with van der Waals surface area (Å²) in [5.41, 5.74) is 6.54. The Morgan fingerprint density at radius 1 is 0.900 bits per heavy atom. The van der Waals surface area contributed by atoms with Gasteiger partial charge in [-0.1, -0.05) is 79.7 Å². The van der Waals surface area contributed by atoms with Gasteiger partial charge in [-0.15, -0.1) is 0 Å². The number of Topliss-reactive ketones (excluding diaryl/α,β-unsaturated/α-hetero) is 2. The fraction of sp³-hybridized carbons (Fsp3) is 0.692. The zero-order valence-electron chi connectivity index (χ0n) is 32.7. The van der Waals surface area contributed by atoms with Crippen molar-refractivity contribution in [2.45, 2.75) is 132 Å². The Bertz CT molecular complexity index is 1270. The van der Waals surface area contributed by atoms with E-state index in [9.17, 15) is 28.8 Å². The van der Waals surface area contributed by atoms with Crippen LogP contribution in [0.25, 0.3) is 0 Å². The van der Waals surface area contributed by atoms with Gasteiger partial charge in [-0.25, -0.2) is 4.79 Å². The van der Waals surface area contributed by atoms with E-state index in [1.807, 2.05) is 13.8 Å². The molecular formula is C39H63N3O8. The van der Waals surface area contributed by atoms with Crippen molar-refractivity contribution in [3.8, 4) is 0 Å². The monoisotopic (exact) mass is 702 g/mol. The molecule has 1 aromatic rings. The summed E-state index contributed by atoms with van der Waals surface area (Å²) >= 11 is 0. The summed E-state index contributed by atoms with van der Waals surface area (Å²) in [7, 11) is 0. The molecule has 0 unspecified atom stereocenters. The number of amides is 3. The standard InChI is InChI=1S/C39H63N3O8/c1-27(2)32(22-31(44)13-10-9-11-20-50-36(47)30(23-38(3,4)5)24-39(6,7)8)35(46)42-33(14-12-19-41-37(40)48)34(45)21-28-15-17-29(18-16-28)25-49-26-43/h15-18,26-27,30,32-33H,9-14,19-25H2,1-8H3,(H,42,46)(H3,40,41,48)/t32-,33-/m0/s1/i26D. The Morgan fingerprint density at radius 3 is 2.04 bits per heavy atom. The number of carbonyl (C=O) groups is 6. The second kappa shape index (κ2) is 22.1. The second-order valence-electron chi connectivity index (χ2n) is 16.1. The van der Waals surface area contributed by atoms with Crippen molar-refractivity contribution in [1.82, 2.24) is 10.6 Å². The number of hydrogen-bond acceptors (Lipinski definition) is 8. The summed E-state index contributed by atoms with van der Waals surface area (Å²) in [4.78, 5) is 74.6. The molecule has 1 aromatic carbocycles. The van der Waals surface area contributed by atoms with Gasteiger partial charge in [0.1, 0.15) is 12.4 Å². The lowest BCUT2D eigenvalue weighted by Crippen LogP contribution is -2.46. The number of benzene rings is 1. The summed E-state index contributed by atoms with van der Waals surface area (Å²) in [6, 6.07) is 5.30. The van der Waals surface area contributed by atoms with Crippen molar-refractivity contribution in [2.75, 3.05) is 13.2 Å². The van der Waals surface area contributed by atoms with Gasteiger partial charge in [-0.05, 0) is 72.8 Å². The fourth-order valence-electron chi connectivity index (χ4n) is 5.89. The number of nitrogens with two attached hydrogens (primary N) is 1. The molecule has 11 nitrogen and oxygen atoms in total. The van der Waals surface area contributed by atoms with Crippen LogP contribution in [0.1, 0.15) is 126 Å². The molecule has 0 saturated carbocycles.